The van der Waals surface area contributed by atoms with Crippen LogP contribution in [0.4, 0.5) is 23.4 Å². The minimum Gasteiger partial charge on any atom is -0.348 e. The van der Waals surface area contributed by atoms with Crippen LogP contribution in [0.25, 0.3) is 22.0 Å². The molecule has 0 radical (unpaired) electrons. The number of hydrogen-bond acceptors (Lipinski definition) is 4. The summed E-state index contributed by atoms with van der Waals surface area (Å²) in [6.07, 6.45) is -4.36. The minimum absolute atomic E-state index is 0.0416. The molecular formula is C28H24F4N4O. The Balaban J connectivity index is 1.32. The quantitative estimate of drug-likeness (QED) is 0.330. The monoisotopic (exact) mass is 508 g/mol. The van der Waals surface area contributed by atoms with E-state index in [2.05, 4.69) is 15.1 Å². The number of amides is 1. The number of aromatic nitrogens is 2. The zero-order valence-electron chi connectivity index (χ0n) is 20.0. The van der Waals surface area contributed by atoms with Crippen molar-refractivity contribution >= 4 is 22.5 Å². The van der Waals surface area contributed by atoms with Crippen LogP contribution >= 0.6 is 0 Å². The highest BCUT2D eigenvalue weighted by atomic mass is 19.4. The maximum Gasteiger partial charge on any atom is 0.416 e. The van der Waals surface area contributed by atoms with Crippen LogP contribution in [0.2, 0.25) is 0 Å². The molecule has 5 rings (SSSR count). The van der Waals surface area contributed by atoms with Crippen LogP contribution in [-0.2, 0) is 17.4 Å². The van der Waals surface area contributed by atoms with Crippen molar-refractivity contribution in [1.29, 1.82) is 0 Å². The summed E-state index contributed by atoms with van der Waals surface area (Å²) in [5.74, 6) is 0.259. The fourth-order valence-electron chi connectivity index (χ4n) is 4.72. The van der Waals surface area contributed by atoms with E-state index in [0.29, 0.717) is 36.7 Å². The van der Waals surface area contributed by atoms with Crippen LogP contribution < -0.4 is 4.90 Å². The SMILES string of the molecule is C[C@H]1CN(C(=O)Cc2ccc(C(F)(F)F)cc2)CCN1c1nnc(-c2ccc(F)cc2)c2ccccc12. The third-order valence-corrected chi connectivity index (χ3v) is 6.67. The summed E-state index contributed by atoms with van der Waals surface area (Å²) in [7, 11) is 0. The summed E-state index contributed by atoms with van der Waals surface area (Å²) in [6, 6.07) is 18.6. The molecule has 0 N–H and O–H groups in total. The van der Waals surface area contributed by atoms with E-state index in [9.17, 15) is 22.4 Å². The van der Waals surface area contributed by atoms with Gasteiger partial charge in [0.2, 0.25) is 5.91 Å². The lowest BCUT2D eigenvalue weighted by Gasteiger charge is -2.40. The first-order valence-electron chi connectivity index (χ1n) is 11.9. The summed E-state index contributed by atoms with van der Waals surface area (Å²) >= 11 is 0. The molecule has 190 valence electrons. The van der Waals surface area contributed by atoms with Gasteiger partial charge in [0.25, 0.3) is 0 Å². The second-order valence-corrected chi connectivity index (χ2v) is 9.18. The molecule has 1 aliphatic rings. The van der Waals surface area contributed by atoms with Crippen molar-refractivity contribution in [3.05, 3.63) is 89.7 Å². The van der Waals surface area contributed by atoms with Gasteiger partial charge in [-0.2, -0.15) is 13.2 Å². The Labute approximate surface area is 211 Å². The number of fused-ring (bicyclic) bond motifs is 1. The number of carbonyl (C=O) groups is 1. The molecule has 1 amide bonds. The standard InChI is InChI=1S/C28H24F4N4O/c1-18-17-35(25(37)16-19-6-10-21(11-7-19)28(30,31)32)14-15-36(18)27-24-5-3-2-4-23(24)26(33-34-27)20-8-12-22(29)13-9-20/h2-13,18H,14-17H2,1H3/t18-/m0/s1. The molecule has 0 unspecified atom stereocenters. The highest BCUT2D eigenvalue weighted by Crippen LogP contribution is 2.33. The van der Waals surface area contributed by atoms with Crippen molar-refractivity contribution in [3.63, 3.8) is 0 Å². The second-order valence-electron chi connectivity index (χ2n) is 9.18. The molecule has 1 fully saturated rings. The number of alkyl halides is 3. The van der Waals surface area contributed by atoms with E-state index in [-0.39, 0.29) is 24.2 Å². The number of nitrogens with zero attached hydrogens (tertiary/aromatic N) is 4. The lowest BCUT2D eigenvalue weighted by atomic mass is 10.0. The summed E-state index contributed by atoms with van der Waals surface area (Å²) < 4.78 is 51.9. The smallest absolute Gasteiger partial charge is 0.348 e. The molecule has 1 aromatic heterocycles. The Morgan fingerprint density at radius 3 is 2.24 bits per heavy atom. The van der Waals surface area contributed by atoms with Gasteiger partial charge in [0, 0.05) is 42.0 Å². The topological polar surface area (TPSA) is 49.3 Å². The van der Waals surface area contributed by atoms with E-state index >= 15 is 0 Å². The molecule has 0 aliphatic carbocycles. The van der Waals surface area contributed by atoms with Crippen molar-refractivity contribution in [1.82, 2.24) is 15.1 Å². The number of anilines is 1. The summed E-state index contributed by atoms with van der Waals surface area (Å²) in [4.78, 5) is 16.8. The van der Waals surface area contributed by atoms with Crippen LogP contribution in [0.15, 0.2) is 72.8 Å². The predicted molar refractivity (Wildman–Crippen MR) is 133 cm³/mol. The van der Waals surface area contributed by atoms with Gasteiger partial charge in [-0.3, -0.25) is 4.79 Å². The fraction of sp³-hybridized carbons (Fsp3) is 0.250. The van der Waals surface area contributed by atoms with Crippen molar-refractivity contribution in [2.24, 2.45) is 0 Å². The van der Waals surface area contributed by atoms with E-state index in [0.717, 1.165) is 28.5 Å². The van der Waals surface area contributed by atoms with Gasteiger partial charge in [0.1, 0.15) is 11.5 Å². The molecule has 3 aromatic carbocycles. The lowest BCUT2D eigenvalue weighted by Crippen LogP contribution is -2.54. The van der Waals surface area contributed by atoms with Gasteiger partial charge in [-0.05, 0) is 48.9 Å². The van der Waals surface area contributed by atoms with E-state index in [1.54, 1.807) is 17.0 Å². The minimum atomic E-state index is -4.40. The number of benzene rings is 3. The molecule has 0 spiro atoms. The number of piperazine rings is 1. The first-order valence-corrected chi connectivity index (χ1v) is 11.9. The molecule has 9 heteroatoms. The highest BCUT2D eigenvalue weighted by Gasteiger charge is 2.31. The Kier molecular flexibility index (Phi) is 6.54. The Bertz CT molecular complexity index is 1420. The lowest BCUT2D eigenvalue weighted by molar-refractivity contribution is -0.137. The van der Waals surface area contributed by atoms with E-state index in [4.69, 9.17) is 0 Å². The molecule has 5 nitrogen and oxygen atoms in total. The zero-order chi connectivity index (χ0) is 26.2. The Hall–Kier alpha value is -4.01. The first kappa shape index (κ1) is 24.7. The molecule has 1 aliphatic heterocycles. The number of hydrogen-bond donors (Lipinski definition) is 0. The van der Waals surface area contributed by atoms with Crippen molar-refractivity contribution in [3.8, 4) is 11.3 Å². The van der Waals surface area contributed by atoms with E-state index in [1.165, 1.54) is 24.3 Å². The average molecular weight is 509 g/mol. The predicted octanol–water partition coefficient (Wildman–Crippen LogP) is 5.73. The summed E-state index contributed by atoms with van der Waals surface area (Å²) in [5, 5.41) is 10.8. The summed E-state index contributed by atoms with van der Waals surface area (Å²) in [5.41, 5.74) is 1.24. The van der Waals surface area contributed by atoms with Gasteiger partial charge in [-0.1, -0.05) is 36.4 Å². The average Bonchev–Trinajstić information content (AvgIpc) is 2.88. The largest absolute Gasteiger partial charge is 0.416 e. The van der Waals surface area contributed by atoms with Gasteiger partial charge < -0.3 is 9.80 Å². The van der Waals surface area contributed by atoms with Crippen LogP contribution in [0, 0.1) is 5.82 Å². The van der Waals surface area contributed by atoms with Crippen molar-refractivity contribution < 1.29 is 22.4 Å². The van der Waals surface area contributed by atoms with Gasteiger partial charge in [-0.15, -0.1) is 10.2 Å². The number of halogens is 4. The van der Waals surface area contributed by atoms with Crippen LogP contribution in [-0.4, -0.2) is 46.7 Å². The Morgan fingerprint density at radius 1 is 0.919 bits per heavy atom. The van der Waals surface area contributed by atoms with Gasteiger partial charge in [0.05, 0.1) is 12.0 Å². The van der Waals surface area contributed by atoms with Gasteiger partial charge in [0.15, 0.2) is 5.82 Å². The highest BCUT2D eigenvalue weighted by molar-refractivity contribution is 6.00. The fourth-order valence-corrected chi connectivity index (χ4v) is 4.72. The second kappa shape index (κ2) is 9.80. The summed E-state index contributed by atoms with van der Waals surface area (Å²) in [6.45, 7) is 3.45. The van der Waals surface area contributed by atoms with Crippen molar-refractivity contribution in [2.45, 2.75) is 25.6 Å². The van der Waals surface area contributed by atoms with Gasteiger partial charge in [-0.25, -0.2) is 4.39 Å². The third kappa shape index (κ3) is 5.12. The van der Waals surface area contributed by atoms with Crippen LogP contribution in [0.1, 0.15) is 18.1 Å². The molecule has 4 aromatic rings. The molecule has 0 bridgehead atoms. The Morgan fingerprint density at radius 2 is 1.59 bits per heavy atom. The van der Waals surface area contributed by atoms with Crippen LogP contribution in [0.3, 0.4) is 0 Å². The van der Waals surface area contributed by atoms with Crippen LogP contribution in [0.5, 0.6) is 0 Å². The van der Waals surface area contributed by atoms with E-state index < -0.39 is 11.7 Å². The maximum atomic E-state index is 13.4. The first-order chi connectivity index (χ1) is 17.7. The maximum absolute atomic E-state index is 13.4. The van der Waals surface area contributed by atoms with Gasteiger partial charge >= 0.3 is 6.18 Å². The van der Waals surface area contributed by atoms with Crippen molar-refractivity contribution in [2.75, 3.05) is 24.5 Å². The number of carbonyl (C=O) groups excluding carboxylic acids is 1. The molecule has 2 heterocycles. The molecule has 1 atom stereocenters. The molecule has 1 saturated heterocycles. The van der Waals surface area contributed by atoms with E-state index in [1.807, 2.05) is 31.2 Å². The third-order valence-electron chi connectivity index (χ3n) is 6.67. The molecular weight excluding hydrogens is 484 g/mol. The zero-order valence-corrected chi connectivity index (χ0v) is 20.0. The number of rotatable bonds is 4. The molecule has 0 saturated carbocycles. The normalized spacial score (nSPS) is 16.3. The molecule has 37 heavy (non-hydrogen) atoms.